The fourth-order valence-corrected chi connectivity index (χ4v) is 2.53. The van der Waals surface area contributed by atoms with E-state index in [4.69, 9.17) is 4.74 Å². The quantitative estimate of drug-likeness (QED) is 0.802. The zero-order valence-corrected chi connectivity index (χ0v) is 13.8. The number of thiazole rings is 1. The Morgan fingerprint density at radius 2 is 1.95 bits per heavy atom. The van der Waals surface area contributed by atoms with Gasteiger partial charge in [0.15, 0.2) is 5.78 Å². The SMILES string of the molecule is CC(=O)c1sc(CCN(C)C(=O)OC(C)(C)C)nc1C. The number of rotatable bonds is 4. The third-order valence-corrected chi connectivity index (χ3v) is 3.84. The van der Waals surface area contributed by atoms with E-state index in [2.05, 4.69) is 4.98 Å². The smallest absolute Gasteiger partial charge is 0.410 e. The average Bonchev–Trinajstić information content (AvgIpc) is 2.65. The topological polar surface area (TPSA) is 59.5 Å². The predicted molar refractivity (Wildman–Crippen MR) is 79.4 cm³/mol. The van der Waals surface area contributed by atoms with Gasteiger partial charge in [-0.3, -0.25) is 4.79 Å². The summed E-state index contributed by atoms with van der Waals surface area (Å²) in [6, 6.07) is 0. The monoisotopic (exact) mass is 298 g/mol. The molecule has 0 aliphatic rings. The Labute approximate surface area is 124 Å². The number of carbonyl (C=O) groups excluding carboxylic acids is 2. The van der Waals surface area contributed by atoms with Crippen LogP contribution in [0.1, 0.15) is 48.1 Å². The molecule has 0 aliphatic heterocycles. The molecular formula is C14H22N2O3S. The Bertz CT molecular complexity index is 503. The number of aromatic nitrogens is 1. The third-order valence-electron chi connectivity index (χ3n) is 2.53. The highest BCUT2D eigenvalue weighted by molar-refractivity contribution is 7.13. The molecule has 1 rings (SSSR count). The van der Waals surface area contributed by atoms with E-state index in [0.29, 0.717) is 17.8 Å². The van der Waals surface area contributed by atoms with E-state index in [1.165, 1.54) is 23.2 Å². The Balaban J connectivity index is 2.57. The van der Waals surface area contributed by atoms with Crippen LogP contribution in [0.25, 0.3) is 0 Å². The number of ketones is 1. The molecule has 0 unspecified atom stereocenters. The number of likely N-dealkylation sites (N-methyl/N-ethyl adjacent to an activating group) is 1. The fraction of sp³-hybridized carbons (Fsp3) is 0.643. The predicted octanol–water partition coefficient (Wildman–Crippen LogP) is 3.06. The van der Waals surface area contributed by atoms with Crippen LogP contribution in [-0.4, -0.2) is 41.0 Å². The summed E-state index contributed by atoms with van der Waals surface area (Å²) in [7, 11) is 1.69. The molecule has 0 saturated heterocycles. The lowest BCUT2D eigenvalue weighted by atomic mass is 10.2. The molecule has 1 amide bonds. The first-order valence-electron chi connectivity index (χ1n) is 6.51. The number of aryl methyl sites for hydroxylation is 1. The molecule has 0 fully saturated rings. The number of hydrogen-bond acceptors (Lipinski definition) is 5. The number of hydrogen-bond donors (Lipinski definition) is 0. The van der Waals surface area contributed by atoms with Crippen LogP contribution in [0.5, 0.6) is 0 Å². The molecule has 0 N–H and O–H groups in total. The van der Waals surface area contributed by atoms with Gasteiger partial charge < -0.3 is 9.64 Å². The van der Waals surface area contributed by atoms with Gasteiger partial charge in [-0.25, -0.2) is 9.78 Å². The van der Waals surface area contributed by atoms with Crippen LogP contribution in [0.15, 0.2) is 0 Å². The van der Waals surface area contributed by atoms with Gasteiger partial charge >= 0.3 is 6.09 Å². The molecule has 0 spiro atoms. The van der Waals surface area contributed by atoms with Gasteiger partial charge in [0, 0.05) is 26.9 Å². The van der Waals surface area contributed by atoms with E-state index >= 15 is 0 Å². The van der Waals surface area contributed by atoms with E-state index in [0.717, 1.165) is 10.7 Å². The van der Waals surface area contributed by atoms with Crippen LogP contribution in [-0.2, 0) is 11.2 Å². The lowest BCUT2D eigenvalue weighted by molar-refractivity contribution is 0.0300. The molecule has 5 nitrogen and oxygen atoms in total. The summed E-state index contributed by atoms with van der Waals surface area (Å²) in [4.78, 5) is 29.7. The van der Waals surface area contributed by atoms with Gasteiger partial charge in [0.25, 0.3) is 0 Å². The van der Waals surface area contributed by atoms with Gasteiger partial charge in [-0.2, -0.15) is 0 Å². The van der Waals surface area contributed by atoms with Crippen molar-refractivity contribution in [3.8, 4) is 0 Å². The highest BCUT2D eigenvalue weighted by atomic mass is 32.1. The largest absolute Gasteiger partial charge is 0.444 e. The summed E-state index contributed by atoms with van der Waals surface area (Å²) in [5.74, 6) is 0.0340. The van der Waals surface area contributed by atoms with Gasteiger partial charge in [-0.05, 0) is 27.7 Å². The maximum atomic E-state index is 11.8. The van der Waals surface area contributed by atoms with Crippen LogP contribution in [0.4, 0.5) is 4.79 Å². The minimum Gasteiger partial charge on any atom is -0.444 e. The number of nitrogens with zero attached hydrogens (tertiary/aromatic N) is 2. The third kappa shape index (κ3) is 4.92. The van der Waals surface area contributed by atoms with E-state index in [9.17, 15) is 9.59 Å². The van der Waals surface area contributed by atoms with Crippen LogP contribution in [0, 0.1) is 6.92 Å². The molecule has 112 valence electrons. The van der Waals surface area contributed by atoms with Crippen LogP contribution >= 0.6 is 11.3 Å². The first-order chi connectivity index (χ1) is 9.10. The maximum Gasteiger partial charge on any atom is 0.410 e. The van der Waals surface area contributed by atoms with Gasteiger partial charge in [-0.1, -0.05) is 0 Å². The minimum absolute atomic E-state index is 0.0340. The summed E-state index contributed by atoms with van der Waals surface area (Å²) in [5, 5.41) is 0.864. The number of Topliss-reactive ketones (excluding diaryl/α,β-unsaturated/α-hetero) is 1. The van der Waals surface area contributed by atoms with Gasteiger partial charge in [0.2, 0.25) is 0 Å². The van der Waals surface area contributed by atoms with Crippen molar-refractivity contribution in [2.75, 3.05) is 13.6 Å². The van der Waals surface area contributed by atoms with E-state index in [1.54, 1.807) is 7.05 Å². The lowest BCUT2D eigenvalue weighted by Gasteiger charge is -2.24. The van der Waals surface area contributed by atoms with Crippen LogP contribution < -0.4 is 0 Å². The molecule has 0 aliphatic carbocycles. The van der Waals surface area contributed by atoms with Gasteiger partial charge in [0.1, 0.15) is 5.60 Å². The summed E-state index contributed by atoms with van der Waals surface area (Å²) in [5.41, 5.74) is 0.266. The van der Waals surface area contributed by atoms with E-state index < -0.39 is 5.60 Å². The highest BCUT2D eigenvalue weighted by Gasteiger charge is 2.20. The summed E-state index contributed by atoms with van der Waals surface area (Å²) >= 11 is 1.40. The Kier molecular flexibility index (Phi) is 5.28. The number of carbonyl (C=O) groups is 2. The Morgan fingerprint density at radius 1 is 1.35 bits per heavy atom. The second-order valence-electron chi connectivity index (χ2n) is 5.73. The van der Waals surface area contributed by atoms with Crippen molar-refractivity contribution in [2.24, 2.45) is 0 Å². The van der Waals surface area contributed by atoms with E-state index in [1.807, 2.05) is 27.7 Å². The van der Waals surface area contributed by atoms with Crippen molar-refractivity contribution >= 4 is 23.2 Å². The lowest BCUT2D eigenvalue weighted by Crippen LogP contribution is -2.35. The molecule has 0 aromatic carbocycles. The molecular weight excluding hydrogens is 276 g/mol. The summed E-state index contributed by atoms with van der Waals surface area (Å²) < 4.78 is 5.27. The van der Waals surface area contributed by atoms with E-state index in [-0.39, 0.29) is 11.9 Å². The molecule has 0 saturated carbocycles. The maximum absolute atomic E-state index is 11.8. The average molecular weight is 298 g/mol. The van der Waals surface area contributed by atoms with Gasteiger partial charge in [0.05, 0.1) is 15.6 Å². The zero-order chi connectivity index (χ0) is 15.5. The standard InChI is InChI=1S/C14H22N2O3S/c1-9-12(10(2)17)20-11(15-9)7-8-16(6)13(18)19-14(3,4)5/h7-8H2,1-6H3. The summed E-state index contributed by atoms with van der Waals surface area (Å²) in [6.07, 6.45) is 0.270. The molecule has 0 bridgehead atoms. The minimum atomic E-state index is -0.495. The van der Waals surface area contributed by atoms with Crippen molar-refractivity contribution < 1.29 is 14.3 Å². The first-order valence-corrected chi connectivity index (χ1v) is 7.33. The highest BCUT2D eigenvalue weighted by Crippen LogP contribution is 2.19. The number of ether oxygens (including phenoxy) is 1. The summed E-state index contributed by atoms with van der Waals surface area (Å²) in [6.45, 7) is 9.39. The van der Waals surface area contributed by atoms with Crippen molar-refractivity contribution in [2.45, 2.75) is 46.6 Å². The van der Waals surface area contributed by atoms with Crippen molar-refractivity contribution in [1.82, 2.24) is 9.88 Å². The molecule has 6 heteroatoms. The molecule has 0 atom stereocenters. The number of amides is 1. The normalized spacial score (nSPS) is 11.3. The Hall–Kier alpha value is -1.43. The molecule has 1 heterocycles. The molecule has 1 aromatic heterocycles. The van der Waals surface area contributed by atoms with Crippen molar-refractivity contribution in [3.05, 3.63) is 15.6 Å². The molecule has 20 heavy (non-hydrogen) atoms. The second-order valence-corrected chi connectivity index (χ2v) is 6.81. The van der Waals surface area contributed by atoms with Crippen LogP contribution in [0.3, 0.4) is 0 Å². The molecule has 1 aromatic rings. The van der Waals surface area contributed by atoms with Crippen LogP contribution in [0.2, 0.25) is 0 Å². The fourth-order valence-electron chi connectivity index (χ4n) is 1.58. The second kappa shape index (κ2) is 6.35. The van der Waals surface area contributed by atoms with Crippen molar-refractivity contribution in [3.63, 3.8) is 0 Å². The first kappa shape index (κ1) is 16.6. The Morgan fingerprint density at radius 3 is 2.40 bits per heavy atom. The molecule has 0 radical (unpaired) electrons. The van der Waals surface area contributed by atoms with Crippen molar-refractivity contribution in [1.29, 1.82) is 0 Å². The zero-order valence-electron chi connectivity index (χ0n) is 12.9. The van der Waals surface area contributed by atoms with Gasteiger partial charge in [-0.15, -0.1) is 11.3 Å².